The molecule has 68 valence electrons. The Balaban J connectivity index is 0. The number of rotatable bonds is 2. The SMILES string of the molecule is Cc1ccc(S(=O)(=O)NCl)nc1.[H-].[Na+]. The van der Waals surface area contributed by atoms with Gasteiger partial charge in [0.25, 0.3) is 10.0 Å². The largest absolute Gasteiger partial charge is 1.00 e. The number of nitrogens with zero attached hydrogens (tertiary/aromatic N) is 1. The molecule has 0 atom stereocenters. The minimum Gasteiger partial charge on any atom is -1.00 e. The van der Waals surface area contributed by atoms with Crippen molar-refractivity contribution < 1.29 is 39.4 Å². The van der Waals surface area contributed by atoms with E-state index in [-0.39, 0.29) is 36.0 Å². The molecule has 0 bridgehead atoms. The molecule has 0 radical (unpaired) electrons. The molecule has 0 saturated heterocycles. The molecular formula is C6H8ClN2NaO2S. The van der Waals surface area contributed by atoms with Gasteiger partial charge in [-0.1, -0.05) is 6.07 Å². The van der Waals surface area contributed by atoms with Crippen LogP contribution in [0.4, 0.5) is 0 Å². The number of hydrogen-bond donors (Lipinski definition) is 1. The van der Waals surface area contributed by atoms with E-state index in [0.29, 0.717) is 0 Å². The van der Waals surface area contributed by atoms with E-state index in [2.05, 4.69) is 4.98 Å². The summed E-state index contributed by atoms with van der Waals surface area (Å²) in [7, 11) is -3.61. The summed E-state index contributed by atoms with van der Waals surface area (Å²) in [5.41, 5.74) is 0.892. The first-order chi connectivity index (χ1) is 5.56. The number of nitrogens with one attached hydrogen (secondary N) is 1. The van der Waals surface area contributed by atoms with Crippen LogP contribution in [-0.4, -0.2) is 13.4 Å². The Hall–Kier alpha value is 0.350. The first-order valence-corrected chi connectivity index (χ1v) is 4.97. The van der Waals surface area contributed by atoms with E-state index in [4.69, 9.17) is 11.8 Å². The Labute approximate surface area is 106 Å². The summed E-state index contributed by atoms with van der Waals surface area (Å²) in [5, 5.41) is -0.0805. The van der Waals surface area contributed by atoms with E-state index in [1.54, 1.807) is 10.3 Å². The minimum absolute atomic E-state index is 0. The molecule has 0 amide bonds. The first-order valence-electron chi connectivity index (χ1n) is 3.11. The molecule has 0 saturated carbocycles. The molecule has 0 aliphatic carbocycles. The fourth-order valence-electron chi connectivity index (χ4n) is 0.653. The molecule has 1 heterocycles. The zero-order chi connectivity index (χ0) is 9.19. The standard InChI is InChI=1S/C6H7ClN2O2S.Na.H/c1-5-2-3-6(8-4-5)12(10,11)9-7;;/h2-4,9H,1H3;;/q;+1;-1. The van der Waals surface area contributed by atoms with E-state index in [1.807, 2.05) is 6.92 Å². The smallest absolute Gasteiger partial charge is 1.00 e. The van der Waals surface area contributed by atoms with Crippen molar-refractivity contribution in [1.82, 2.24) is 9.23 Å². The van der Waals surface area contributed by atoms with Crippen LogP contribution in [0.25, 0.3) is 0 Å². The number of hydrogen-bond acceptors (Lipinski definition) is 3. The van der Waals surface area contributed by atoms with Crippen LogP contribution in [0.2, 0.25) is 0 Å². The molecule has 13 heavy (non-hydrogen) atoms. The fourth-order valence-corrected chi connectivity index (χ4v) is 1.41. The molecule has 1 rings (SSSR count). The van der Waals surface area contributed by atoms with Crippen LogP contribution in [0.1, 0.15) is 6.99 Å². The molecule has 0 spiro atoms. The van der Waals surface area contributed by atoms with Crippen molar-refractivity contribution in [2.24, 2.45) is 0 Å². The van der Waals surface area contributed by atoms with Gasteiger partial charge in [-0.25, -0.2) is 13.4 Å². The predicted octanol–water partition coefficient (Wildman–Crippen LogP) is -2.06. The van der Waals surface area contributed by atoms with E-state index >= 15 is 0 Å². The van der Waals surface area contributed by atoms with Crippen LogP contribution in [0.5, 0.6) is 0 Å². The van der Waals surface area contributed by atoms with Crippen molar-refractivity contribution in [3.63, 3.8) is 0 Å². The Kier molecular flexibility index (Phi) is 5.43. The van der Waals surface area contributed by atoms with Crippen molar-refractivity contribution in [1.29, 1.82) is 0 Å². The third-order valence-electron chi connectivity index (χ3n) is 1.26. The van der Waals surface area contributed by atoms with Crippen molar-refractivity contribution in [2.75, 3.05) is 0 Å². The number of aromatic nitrogens is 1. The Bertz CT molecular complexity index is 370. The molecule has 1 aromatic rings. The van der Waals surface area contributed by atoms with Gasteiger partial charge < -0.3 is 1.43 Å². The van der Waals surface area contributed by atoms with E-state index in [0.717, 1.165) is 5.56 Å². The van der Waals surface area contributed by atoms with Crippen LogP contribution in [0.15, 0.2) is 23.4 Å². The molecular weight excluding hydrogens is 223 g/mol. The van der Waals surface area contributed by atoms with Crippen molar-refractivity contribution in [3.05, 3.63) is 23.9 Å². The van der Waals surface area contributed by atoms with E-state index in [9.17, 15) is 8.42 Å². The molecule has 0 unspecified atom stereocenters. The maximum absolute atomic E-state index is 11.0. The molecule has 1 N–H and O–H groups in total. The van der Waals surface area contributed by atoms with Crippen LogP contribution in [-0.2, 0) is 10.0 Å². The maximum Gasteiger partial charge on any atom is 1.00 e. The first kappa shape index (κ1) is 13.4. The molecule has 0 aromatic carbocycles. The summed E-state index contributed by atoms with van der Waals surface area (Å²) < 4.78 is 23.7. The summed E-state index contributed by atoms with van der Waals surface area (Å²) in [4.78, 5) is 3.69. The third-order valence-corrected chi connectivity index (χ3v) is 2.87. The van der Waals surface area contributed by atoms with Crippen LogP contribution in [0.3, 0.4) is 0 Å². The van der Waals surface area contributed by atoms with Gasteiger partial charge in [-0.3, -0.25) is 0 Å². The van der Waals surface area contributed by atoms with Gasteiger partial charge in [0.15, 0.2) is 5.03 Å². The van der Waals surface area contributed by atoms with Gasteiger partial charge >= 0.3 is 29.6 Å². The quantitative estimate of drug-likeness (QED) is 0.470. The van der Waals surface area contributed by atoms with Crippen LogP contribution >= 0.6 is 11.8 Å². The second-order valence-electron chi connectivity index (χ2n) is 2.25. The van der Waals surface area contributed by atoms with Crippen molar-refractivity contribution in [2.45, 2.75) is 11.9 Å². The molecule has 0 fully saturated rings. The minimum atomic E-state index is -3.61. The topological polar surface area (TPSA) is 59.1 Å². The van der Waals surface area contributed by atoms with Crippen molar-refractivity contribution in [3.8, 4) is 0 Å². The Morgan fingerprint density at radius 3 is 2.54 bits per heavy atom. The second kappa shape index (κ2) is 5.29. The van der Waals surface area contributed by atoms with Gasteiger partial charge in [0, 0.05) is 6.20 Å². The Morgan fingerprint density at radius 1 is 1.54 bits per heavy atom. The van der Waals surface area contributed by atoms with Gasteiger partial charge in [-0.05, 0) is 30.3 Å². The molecule has 7 heteroatoms. The molecule has 1 aromatic heterocycles. The van der Waals surface area contributed by atoms with E-state index < -0.39 is 10.0 Å². The van der Waals surface area contributed by atoms with Gasteiger partial charge in [0.05, 0.1) is 0 Å². The van der Waals surface area contributed by atoms with Gasteiger partial charge in [0.2, 0.25) is 0 Å². The number of sulfonamides is 1. The second-order valence-corrected chi connectivity index (χ2v) is 4.30. The average molecular weight is 231 g/mol. The summed E-state index contributed by atoms with van der Waals surface area (Å²) in [6.45, 7) is 1.82. The number of halogens is 1. The van der Waals surface area contributed by atoms with Crippen LogP contribution in [0, 0.1) is 6.92 Å². The van der Waals surface area contributed by atoms with Gasteiger partial charge in [0.1, 0.15) is 0 Å². The van der Waals surface area contributed by atoms with Gasteiger partial charge in [-0.15, -0.1) is 4.24 Å². The molecule has 0 aliphatic heterocycles. The zero-order valence-electron chi connectivity index (χ0n) is 8.28. The normalized spacial score (nSPS) is 10.6. The average Bonchev–Trinajstić information content (AvgIpc) is 2.05. The summed E-state index contributed by atoms with van der Waals surface area (Å²) >= 11 is 4.99. The summed E-state index contributed by atoms with van der Waals surface area (Å²) in [6.07, 6.45) is 1.46. The number of aryl methyl sites for hydroxylation is 1. The summed E-state index contributed by atoms with van der Waals surface area (Å²) in [6, 6.07) is 3.04. The van der Waals surface area contributed by atoms with Crippen molar-refractivity contribution >= 4 is 21.8 Å². The summed E-state index contributed by atoms with van der Waals surface area (Å²) in [5.74, 6) is 0. The monoisotopic (exact) mass is 230 g/mol. The third kappa shape index (κ3) is 3.53. The van der Waals surface area contributed by atoms with Crippen LogP contribution < -0.4 is 33.8 Å². The fraction of sp³-hybridized carbons (Fsp3) is 0.167. The zero-order valence-corrected chi connectivity index (χ0v) is 10.9. The molecule has 4 nitrogen and oxygen atoms in total. The maximum atomic E-state index is 11.0. The van der Waals surface area contributed by atoms with E-state index in [1.165, 1.54) is 12.3 Å². The number of pyridine rings is 1. The Morgan fingerprint density at radius 2 is 2.15 bits per heavy atom. The molecule has 0 aliphatic rings. The van der Waals surface area contributed by atoms with Gasteiger partial charge in [-0.2, -0.15) is 0 Å². The predicted molar refractivity (Wildman–Crippen MR) is 46.3 cm³/mol.